The van der Waals surface area contributed by atoms with Crippen LogP contribution in [0.25, 0.3) is 15.5 Å². The SMILES string of the molecule is COc1cccc(C(=O)Nc2ccccc2-c2nn3c(C)nnc3s2)c1. The van der Waals surface area contributed by atoms with Crippen LogP contribution in [0.3, 0.4) is 0 Å². The molecule has 0 unspecified atom stereocenters. The van der Waals surface area contributed by atoms with E-state index >= 15 is 0 Å². The highest BCUT2D eigenvalue weighted by Crippen LogP contribution is 2.31. The summed E-state index contributed by atoms with van der Waals surface area (Å²) in [6.45, 7) is 1.85. The van der Waals surface area contributed by atoms with Gasteiger partial charge in [0.25, 0.3) is 5.91 Å². The number of methoxy groups -OCH3 is 1. The lowest BCUT2D eigenvalue weighted by Gasteiger charge is -2.10. The second-order valence-electron chi connectivity index (χ2n) is 5.58. The van der Waals surface area contributed by atoms with E-state index in [0.29, 0.717) is 22.0 Å². The first-order valence-corrected chi connectivity index (χ1v) is 8.71. The maximum absolute atomic E-state index is 12.6. The molecule has 0 aliphatic heterocycles. The fraction of sp³-hybridized carbons (Fsp3) is 0.111. The Balaban J connectivity index is 1.68. The van der Waals surface area contributed by atoms with Crippen LogP contribution in [0.15, 0.2) is 48.5 Å². The summed E-state index contributed by atoms with van der Waals surface area (Å²) in [4.78, 5) is 13.3. The van der Waals surface area contributed by atoms with Gasteiger partial charge in [-0.2, -0.15) is 9.61 Å². The van der Waals surface area contributed by atoms with Crippen LogP contribution in [0.1, 0.15) is 16.2 Å². The summed E-state index contributed by atoms with van der Waals surface area (Å²) in [6.07, 6.45) is 0. The molecular formula is C18H15N5O2S. The molecule has 1 amide bonds. The number of benzene rings is 2. The minimum absolute atomic E-state index is 0.212. The van der Waals surface area contributed by atoms with E-state index in [2.05, 4.69) is 20.6 Å². The van der Waals surface area contributed by atoms with Gasteiger partial charge in [0, 0.05) is 11.1 Å². The molecule has 0 saturated carbocycles. The first-order chi connectivity index (χ1) is 12.7. The summed E-state index contributed by atoms with van der Waals surface area (Å²) >= 11 is 1.42. The van der Waals surface area contributed by atoms with Gasteiger partial charge in [-0.05, 0) is 37.3 Å². The fourth-order valence-corrected chi connectivity index (χ4v) is 3.49. The van der Waals surface area contributed by atoms with Crippen molar-refractivity contribution in [3.63, 3.8) is 0 Å². The lowest BCUT2D eigenvalue weighted by Crippen LogP contribution is -2.12. The molecule has 4 aromatic rings. The smallest absolute Gasteiger partial charge is 0.255 e. The monoisotopic (exact) mass is 365 g/mol. The van der Waals surface area contributed by atoms with Crippen LogP contribution in [0.5, 0.6) is 5.75 Å². The van der Waals surface area contributed by atoms with Crippen molar-refractivity contribution in [1.82, 2.24) is 19.8 Å². The van der Waals surface area contributed by atoms with Crippen molar-refractivity contribution in [2.24, 2.45) is 0 Å². The van der Waals surface area contributed by atoms with E-state index in [4.69, 9.17) is 4.74 Å². The highest BCUT2D eigenvalue weighted by molar-refractivity contribution is 7.19. The van der Waals surface area contributed by atoms with Crippen LogP contribution in [0.2, 0.25) is 0 Å². The summed E-state index contributed by atoms with van der Waals surface area (Å²) in [5, 5.41) is 16.4. The van der Waals surface area contributed by atoms with E-state index in [1.807, 2.05) is 31.2 Å². The van der Waals surface area contributed by atoms with Crippen LogP contribution in [0, 0.1) is 6.92 Å². The zero-order valence-electron chi connectivity index (χ0n) is 14.1. The van der Waals surface area contributed by atoms with Gasteiger partial charge in [0.2, 0.25) is 4.96 Å². The van der Waals surface area contributed by atoms with Gasteiger partial charge in [-0.3, -0.25) is 4.79 Å². The van der Waals surface area contributed by atoms with Gasteiger partial charge >= 0.3 is 0 Å². The van der Waals surface area contributed by atoms with Crippen LogP contribution in [-0.4, -0.2) is 32.8 Å². The topological polar surface area (TPSA) is 81.4 Å². The molecule has 26 heavy (non-hydrogen) atoms. The van der Waals surface area contributed by atoms with E-state index in [-0.39, 0.29) is 5.91 Å². The predicted molar refractivity (Wildman–Crippen MR) is 99.8 cm³/mol. The average Bonchev–Trinajstić information content (AvgIpc) is 3.24. The number of amides is 1. The molecule has 0 atom stereocenters. The molecule has 0 fully saturated rings. The number of aromatic nitrogens is 4. The zero-order chi connectivity index (χ0) is 18.1. The average molecular weight is 365 g/mol. The second kappa shape index (κ2) is 6.57. The lowest BCUT2D eigenvalue weighted by atomic mass is 10.1. The van der Waals surface area contributed by atoms with Gasteiger partial charge < -0.3 is 10.1 Å². The number of hydrogen-bond acceptors (Lipinski definition) is 6. The lowest BCUT2D eigenvalue weighted by molar-refractivity contribution is 0.102. The zero-order valence-corrected chi connectivity index (χ0v) is 14.9. The Morgan fingerprint density at radius 2 is 2.00 bits per heavy atom. The third-order valence-electron chi connectivity index (χ3n) is 3.88. The maximum Gasteiger partial charge on any atom is 0.255 e. The van der Waals surface area contributed by atoms with Crippen LogP contribution < -0.4 is 10.1 Å². The molecule has 1 N–H and O–H groups in total. The van der Waals surface area contributed by atoms with Crippen LogP contribution in [-0.2, 0) is 0 Å². The van der Waals surface area contributed by atoms with Gasteiger partial charge in [0.15, 0.2) is 5.82 Å². The van der Waals surface area contributed by atoms with Crippen molar-refractivity contribution >= 4 is 27.9 Å². The molecule has 8 heteroatoms. The van der Waals surface area contributed by atoms with Gasteiger partial charge in [0.05, 0.1) is 12.8 Å². The number of nitrogens with one attached hydrogen (secondary N) is 1. The predicted octanol–water partition coefficient (Wildman–Crippen LogP) is 3.42. The Morgan fingerprint density at radius 1 is 1.15 bits per heavy atom. The summed E-state index contributed by atoms with van der Waals surface area (Å²) in [5.41, 5.74) is 2.04. The summed E-state index contributed by atoms with van der Waals surface area (Å²) < 4.78 is 6.88. The van der Waals surface area contributed by atoms with Crippen molar-refractivity contribution in [3.8, 4) is 16.3 Å². The molecular weight excluding hydrogens is 350 g/mol. The number of fused-ring (bicyclic) bond motifs is 1. The highest BCUT2D eigenvalue weighted by Gasteiger charge is 2.15. The first kappa shape index (κ1) is 16.2. The first-order valence-electron chi connectivity index (χ1n) is 7.89. The minimum atomic E-state index is -0.212. The summed E-state index contributed by atoms with van der Waals surface area (Å²) in [7, 11) is 1.57. The molecule has 0 bridgehead atoms. The molecule has 7 nitrogen and oxygen atoms in total. The number of ether oxygens (including phenoxy) is 1. The maximum atomic E-state index is 12.6. The third kappa shape index (κ3) is 2.91. The van der Waals surface area contributed by atoms with Gasteiger partial charge in [-0.15, -0.1) is 10.2 Å². The molecule has 2 aromatic carbocycles. The molecule has 0 aliphatic rings. The number of carbonyl (C=O) groups is 1. The largest absolute Gasteiger partial charge is 0.497 e. The molecule has 2 aromatic heterocycles. The number of hydrogen-bond donors (Lipinski definition) is 1. The van der Waals surface area contributed by atoms with Crippen molar-refractivity contribution in [2.45, 2.75) is 6.92 Å². The Kier molecular flexibility index (Phi) is 4.10. The fourth-order valence-electron chi connectivity index (χ4n) is 2.56. The van der Waals surface area contributed by atoms with Gasteiger partial charge in [-0.25, -0.2) is 0 Å². The van der Waals surface area contributed by atoms with Crippen LogP contribution >= 0.6 is 11.3 Å². The normalized spacial score (nSPS) is 10.8. The number of para-hydroxylation sites is 1. The van der Waals surface area contributed by atoms with E-state index in [1.165, 1.54) is 11.3 Å². The number of nitrogens with zero attached hydrogens (tertiary/aromatic N) is 4. The van der Waals surface area contributed by atoms with Gasteiger partial charge in [-0.1, -0.05) is 29.5 Å². The standard InChI is InChI=1S/C18H15N5O2S/c1-11-20-21-18-23(11)22-17(26-18)14-8-3-4-9-15(14)19-16(24)12-6-5-7-13(10-12)25-2/h3-10H,1-2H3,(H,19,24). The number of aryl methyl sites for hydroxylation is 1. The summed E-state index contributed by atoms with van der Waals surface area (Å²) in [5.74, 6) is 1.14. The Bertz CT molecular complexity index is 1100. The Morgan fingerprint density at radius 3 is 2.81 bits per heavy atom. The summed E-state index contributed by atoms with van der Waals surface area (Å²) in [6, 6.07) is 14.6. The van der Waals surface area contributed by atoms with Gasteiger partial charge in [0.1, 0.15) is 10.8 Å². The molecule has 4 rings (SSSR count). The van der Waals surface area contributed by atoms with E-state index in [1.54, 1.807) is 35.9 Å². The van der Waals surface area contributed by atoms with Crippen molar-refractivity contribution in [1.29, 1.82) is 0 Å². The molecule has 2 heterocycles. The quantitative estimate of drug-likeness (QED) is 0.599. The Labute approximate surface area is 153 Å². The molecule has 130 valence electrons. The number of anilines is 1. The minimum Gasteiger partial charge on any atom is -0.497 e. The third-order valence-corrected chi connectivity index (χ3v) is 4.82. The van der Waals surface area contributed by atoms with Crippen LogP contribution in [0.4, 0.5) is 5.69 Å². The van der Waals surface area contributed by atoms with Crippen molar-refractivity contribution in [2.75, 3.05) is 12.4 Å². The van der Waals surface area contributed by atoms with Crippen molar-refractivity contribution < 1.29 is 9.53 Å². The highest BCUT2D eigenvalue weighted by atomic mass is 32.1. The molecule has 0 radical (unpaired) electrons. The van der Waals surface area contributed by atoms with Crippen molar-refractivity contribution in [3.05, 3.63) is 59.9 Å². The van der Waals surface area contributed by atoms with E-state index in [0.717, 1.165) is 16.4 Å². The second-order valence-corrected chi connectivity index (χ2v) is 6.54. The number of rotatable bonds is 4. The number of carbonyl (C=O) groups excluding carboxylic acids is 1. The van der Waals surface area contributed by atoms with E-state index in [9.17, 15) is 4.79 Å². The molecule has 0 spiro atoms. The molecule has 0 aliphatic carbocycles. The van der Waals surface area contributed by atoms with E-state index < -0.39 is 0 Å². The Hall–Kier alpha value is -3.26. The molecule has 0 saturated heterocycles.